The predicted octanol–water partition coefficient (Wildman–Crippen LogP) is 24.1. The molecule has 4 aromatic heterocycles. The Labute approximate surface area is 544 Å². The van der Waals surface area contributed by atoms with Crippen LogP contribution in [0.4, 0.5) is 0 Å². The summed E-state index contributed by atoms with van der Waals surface area (Å²) >= 11 is 0. The number of hydrogen-bond acceptors (Lipinski definition) is 0. The summed E-state index contributed by atoms with van der Waals surface area (Å²) in [6.45, 7) is 0. The van der Waals surface area contributed by atoms with E-state index in [9.17, 15) is 0 Å². The van der Waals surface area contributed by atoms with E-state index in [2.05, 4.69) is 382 Å². The van der Waals surface area contributed by atoms with E-state index in [0.717, 1.165) is 11.4 Å². The Bertz CT molecular complexity index is 6070. The van der Waals surface area contributed by atoms with Crippen molar-refractivity contribution >= 4 is 87.2 Å². The van der Waals surface area contributed by atoms with Crippen LogP contribution in [0.3, 0.4) is 0 Å². The van der Waals surface area contributed by atoms with Gasteiger partial charge in [0, 0.05) is 65.8 Å². The zero-order valence-corrected chi connectivity index (χ0v) is 51.4. The van der Waals surface area contributed by atoms with Gasteiger partial charge in [0.1, 0.15) is 0 Å². The fourth-order valence-electron chi connectivity index (χ4n) is 14.9. The highest BCUT2D eigenvalue weighted by Crippen LogP contribution is 2.45. The Hall–Kier alpha value is -12.5. The minimum absolute atomic E-state index is 1.14. The third kappa shape index (κ3) is 9.06. The molecule has 15 aromatic carbocycles. The number of hydrogen-bond donors (Lipinski definition) is 0. The van der Waals surface area contributed by atoms with Crippen molar-refractivity contribution in [1.29, 1.82) is 0 Å². The van der Waals surface area contributed by atoms with Gasteiger partial charge in [0.2, 0.25) is 0 Å². The lowest BCUT2D eigenvalue weighted by Crippen LogP contribution is -1.96. The van der Waals surface area contributed by atoms with Crippen LogP contribution in [-0.2, 0) is 0 Å². The molecule has 0 fully saturated rings. The quantitative estimate of drug-likeness (QED) is 0.137. The summed E-state index contributed by atoms with van der Waals surface area (Å²) in [5.74, 6) is 0. The molecule has 0 aliphatic carbocycles. The number of benzene rings is 15. The normalized spacial score (nSPS) is 11.6. The number of para-hydroxylation sites is 6. The summed E-state index contributed by atoms with van der Waals surface area (Å²) in [6.07, 6.45) is 0. The Balaban J connectivity index is 0.000000139. The molecule has 4 heteroatoms. The van der Waals surface area contributed by atoms with Crippen LogP contribution < -0.4 is 0 Å². The monoisotopic (exact) mass is 1200 g/mol. The molecule has 0 amide bonds. The smallest absolute Gasteiger partial charge is 0.0547 e. The average Bonchev–Trinajstić information content (AvgIpc) is 1.60. The summed E-state index contributed by atoms with van der Waals surface area (Å²) in [4.78, 5) is 0. The maximum absolute atomic E-state index is 2.44. The molecule has 0 bridgehead atoms. The summed E-state index contributed by atoms with van der Waals surface area (Å²) in [5, 5.41) is 10.1. The molecule has 4 nitrogen and oxygen atoms in total. The molecule has 0 N–H and O–H groups in total. The first-order valence-corrected chi connectivity index (χ1v) is 32.3. The molecule has 19 rings (SSSR count). The molecule has 0 spiro atoms. The van der Waals surface area contributed by atoms with Gasteiger partial charge in [0.05, 0.1) is 44.1 Å². The first kappa shape index (κ1) is 54.4. The van der Waals surface area contributed by atoms with Gasteiger partial charge < -0.3 is 18.3 Å². The second kappa shape index (κ2) is 22.8. The first-order valence-electron chi connectivity index (χ1n) is 32.3. The van der Waals surface area contributed by atoms with E-state index in [1.165, 1.54) is 154 Å². The Kier molecular flexibility index (Phi) is 13.2. The van der Waals surface area contributed by atoms with E-state index >= 15 is 0 Å². The van der Waals surface area contributed by atoms with Gasteiger partial charge in [0.25, 0.3) is 0 Å². The molecule has 0 atom stereocenters. The molecule has 0 aliphatic heterocycles. The molecule has 0 saturated carbocycles. The largest absolute Gasteiger partial charge is 0.309 e. The molecule has 440 valence electrons. The molecule has 19 aromatic rings. The highest BCUT2D eigenvalue weighted by molar-refractivity contribution is 6.19. The van der Waals surface area contributed by atoms with Crippen LogP contribution in [0, 0.1) is 0 Å². The van der Waals surface area contributed by atoms with Crippen LogP contribution in [0.2, 0.25) is 0 Å². The van der Waals surface area contributed by atoms with E-state index in [0.29, 0.717) is 0 Å². The van der Waals surface area contributed by atoms with Crippen LogP contribution in [0.15, 0.2) is 364 Å². The van der Waals surface area contributed by atoms with Gasteiger partial charge in [0.15, 0.2) is 0 Å². The Morgan fingerprint density at radius 2 is 0.468 bits per heavy atom. The molecule has 0 unspecified atom stereocenters. The van der Waals surface area contributed by atoms with Gasteiger partial charge in [-0.2, -0.15) is 0 Å². The summed E-state index contributed by atoms with van der Waals surface area (Å²) in [6, 6.07) is 132. The maximum Gasteiger partial charge on any atom is 0.0547 e. The molecule has 0 saturated heterocycles. The van der Waals surface area contributed by atoms with Crippen molar-refractivity contribution in [3.8, 4) is 78.4 Å². The number of rotatable bonds is 9. The van der Waals surface area contributed by atoms with Crippen molar-refractivity contribution in [2.24, 2.45) is 0 Å². The number of aromatic nitrogens is 4. The molecule has 94 heavy (non-hydrogen) atoms. The van der Waals surface area contributed by atoms with Crippen molar-refractivity contribution in [2.75, 3.05) is 0 Å². The summed E-state index contributed by atoms with van der Waals surface area (Å²) in [7, 11) is 0. The third-order valence-electron chi connectivity index (χ3n) is 19.0. The lowest BCUT2D eigenvalue weighted by atomic mass is 9.94. The van der Waals surface area contributed by atoms with Gasteiger partial charge in [-0.25, -0.2) is 0 Å². The van der Waals surface area contributed by atoms with Crippen LogP contribution in [0.25, 0.3) is 166 Å². The maximum atomic E-state index is 2.44. The highest BCUT2D eigenvalue weighted by atomic mass is 15.0. The van der Waals surface area contributed by atoms with Crippen LogP contribution in [0.1, 0.15) is 0 Å². The van der Waals surface area contributed by atoms with Crippen molar-refractivity contribution in [2.45, 2.75) is 0 Å². The van der Waals surface area contributed by atoms with E-state index in [1.807, 2.05) is 0 Å². The highest BCUT2D eigenvalue weighted by Gasteiger charge is 2.22. The first-order chi connectivity index (χ1) is 46.7. The van der Waals surface area contributed by atoms with Crippen LogP contribution in [-0.4, -0.2) is 18.3 Å². The van der Waals surface area contributed by atoms with Gasteiger partial charge in [-0.3, -0.25) is 0 Å². The molecular weight excluding hydrogens is 1140 g/mol. The summed E-state index contributed by atoms with van der Waals surface area (Å²) < 4.78 is 9.65. The van der Waals surface area contributed by atoms with Gasteiger partial charge in [-0.15, -0.1) is 0 Å². The molecule has 4 heterocycles. The zero-order valence-electron chi connectivity index (χ0n) is 51.4. The van der Waals surface area contributed by atoms with Crippen LogP contribution in [0.5, 0.6) is 0 Å². The fourth-order valence-corrected chi connectivity index (χ4v) is 14.9. The van der Waals surface area contributed by atoms with E-state index in [1.54, 1.807) is 0 Å². The Morgan fingerprint density at radius 3 is 0.947 bits per heavy atom. The van der Waals surface area contributed by atoms with Crippen molar-refractivity contribution in [3.63, 3.8) is 0 Å². The van der Waals surface area contributed by atoms with Crippen molar-refractivity contribution in [3.05, 3.63) is 364 Å². The standard InChI is InChI=1S/C48H32N2.C42H28N2/c1-4-15-33(16-5-1)38-30-28-37(32-43(38)34-17-6-2-7-18-34)50-45-25-13-11-22-42(45)48-39(23-14-26-46(48)50)35-27-29-41-40-21-10-12-24-44(40)49(47(41)31-35)36-19-8-3-9-20-36;1-3-13-29(14-4-1)30-15-11-18-33(27-30)44-39-23-10-8-20-37(39)42-34(21-12-24-40(42)44)31-25-26-36-35-19-7-9-22-38(35)43(41(36)28-31)32-16-5-2-6-17-32/h1-32H;1-28H. The second-order valence-electron chi connectivity index (χ2n) is 24.3. The lowest BCUT2D eigenvalue weighted by molar-refractivity contribution is 1.18. The minimum Gasteiger partial charge on any atom is -0.309 e. The fraction of sp³-hybridized carbons (Fsp3) is 0. The zero-order chi connectivity index (χ0) is 62.1. The van der Waals surface area contributed by atoms with E-state index < -0.39 is 0 Å². The number of nitrogens with zero attached hydrogens (tertiary/aromatic N) is 4. The van der Waals surface area contributed by atoms with Gasteiger partial charge >= 0.3 is 0 Å². The van der Waals surface area contributed by atoms with E-state index in [4.69, 9.17) is 0 Å². The van der Waals surface area contributed by atoms with Crippen molar-refractivity contribution < 1.29 is 0 Å². The van der Waals surface area contributed by atoms with Gasteiger partial charge in [-0.05, 0) is 153 Å². The molecular formula is C90H60N4. The van der Waals surface area contributed by atoms with E-state index in [-0.39, 0.29) is 0 Å². The molecule has 0 aliphatic rings. The second-order valence-corrected chi connectivity index (χ2v) is 24.3. The topological polar surface area (TPSA) is 19.7 Å². The Morgan fingerprint density at radius 1 is 0.138 bits per heavy atom. The summed E-state index contributed by atoms with van der Waals surface area (Å²) in [5.41, 5.74) is 26.5. The predicted molar refractivity (Wildman–Crippen MR) is 397 cm³/mol. The molecule has 0 radical (unpaired) electrons. The van der Waals surface area contributed by atoms with Gasteiger partial charge in [-0.1, -0.05) is 267 Å². The minimum atomic E-state index is 1.14. The van der Waals surface area contributed by atoms with Crippen LogP contribution >= 0.6 is 0 Å². The third-order valence-corrected chi connectivity index (χ3v) is 19.0. The SMILES string of the molecule is c1ccc(-c2ccc(-n3c4ccccc4c4c(-c5ccc6c7ccccc7n(-c7ccccc7)c6c5)cccc43)cc2-c2ccccc2)cc1.c1ccc(-c2cccc(-n3c4ccccc4c4c(-c5ccc6c7ccccc7n(-c7ccccc7)c6c5)cccc43)c2)cc1. The number of fused-ring (bicyclic) bond motifs is 12. The van der Waals surface area contributed by atoms with Crippen molar-refractivity contribution in [1.82, 2.24) is 18.3 Å². The lowest BCUT2D eigenvalue weighted by Gasteiger charge is -2.15. The average molecular weight is 1200 g/mol.